The van der Waals surface area contributed by atoms with E-state index in [0.29, 0.717) is 5.69 Å². The van der Waals surface area contributed by atoms with Gasteiger partial charge in [-0.1, -0.05) is 12.1 Å². The molecule has 2 N–H and O–H groups in total. The number of rotatable bonds is 6. The number of carbonyl (C=O) groups excluding carboxylic acids is 1. The summed E-state index contributed by atoms with van der Waals surface area (Å²) in [4.78, 5) is 12.1. The fraction of sp³-hybridized carbons (Fsp3) is 0.111. The third-order valence-electron chi connectivity index (χ3n) is 3.79. The van der Waals surface area contributed by atoms with E-state index in [2.05, 4.69) is 15.1 Å². The van der Waals surface area contributed by atoms with Gasteiger partial charge in [0.25, 0.3) is 10.0 Å². The number of nitrogens with zero attached hydrogens (tertiary/aromatic N) is 2. The number of aromatic nitrogens is 2. The van der Waals surface area contributed by atoms with Gasteiger partial charge in [0.1, 0.15) is 11.9 Å². The molecule has 9 heteroatoms. The number of nitrogens with one attached hydrogen (secondary N) is 2. The van der Waals surface area contributed by atoms with E-state index < -0.39 is 21.9 Å². The number of halogens is 1. The van der Waals surface area contributed by atoms with Crippen molar-refractivity contribution in [3.8, 4) is 0 Å². The lowest BCUT2D eigenvalue weighted by atomic mass is 10.2. The predicted molar refractivity (Wildman–Crippen MR) is 99.2 cm³/mol. The highest BCUT2D eigenvalue weighted by atomic mass is 32.2. The Morgan fingerprint density at radius 3 is 2.56 bits per heavy atom. The number of hydrogen-bond donors (Lipinski definition) is 2. The van der Waals surface area contributed by atoms with Gasteiger partial charge >= 0.3 is 0 Å². The Hall–Kier alpha value is -3.20. The molecule has 0 aliphatic heterocycles. The van der Waals surface area contributed by atoms with Crippen LogP contribution in [0.5, 0.6) is 0 Å². The number of carbonyl (C=O) groups is 1. The lowest BCUT2D eigenvalue weighted by Crippen LogP contribution is -2.24. The molecule has 0 aliphatic carbocycles. The minimum absolute atomic E-state index is 0.191. The van der Waals surface area contributed by atoms with Crippen LogP contribution in [0.2, 0.25) is 0 Å². The van der Waals surface area contributed by atoms with E-state index >= 15 is 0 Å². The summed E-state index contributed by atoms with van der Waals surface area (Å²) in [6.07, 6.45) is 3.25. The van der Waals surface area contributed by atoms with Crippen molar-refractivity contribution < 1.29 is 17.6 Å². The molecular weight excluding hydrogens is 371 g/mol. The molecular formula is C18H17FN4O3S. The SMILES string of the molecule is CC(C(=O)Nc1cccc(NS(=O)(=O)c2cccc(F)c2)c1)n1cccn1. The van der Waals surface area contributed by atoms with Gasteiger partial charge in [0, 0.05) is 18.1 Å². The maximum atomic E-state index is 13.3. The molecule has 0 aliphatic rings. The minimum Gasteiger partial charge on any atom is -0.324 e. The van der Waals surface area contributed by atoms with E-state index in [0.717, 1.165) is 12.1 Å². The van der Waals surface area contributed by atoms with Crippen LogP contribution in [0.3, 0.4) is 0 Å². The van der Waals surface area contributed by atoms with Crippen LogP contribution in [0, 0.1) is 5.82 Å². The van der Waals surface area contributed by atoms with Crippen LogP contribution < -0.4 is 10.0 Å². The summed E-state index contributed by atoms with van der Waals surface area (Å²) in [5, 5.41) is 6.73. The van der Waals surface area contributed by atoms with Crippen LogP contribution >= 0.6 is 0 Å². The summed E-state index contributed by atoms with van der Waals surface area (Å²) >= 11 is 0. The quantitative estimate of drug-likeness (QED) is 0.679. The zero-order valence-corrected chi connectivity index (χ0v) is 15.2. The van der Waals surface area contributed by atoms with Gasteiger partial charge < -0.3 is 5.32 Å². The molecule has 0 radical (unpaired) electrons. The Bertz CT molecular complexity index is 1050. The minimum atomic E-state index is -3.95. The maximum Gasteiger partial charge on any atom is 0.261 e. The molecule has 2 aromatic carbocycles. The number of hydrogen-bond acceptors (Lipinski definition) is 4. The first kappa shape index (κ1) is 18.6. The molecule has 3 aromatic rings. The van der Waals surface area contributed by atoms with Gasteiger partial charge in [-0.2, -0.15) is 5.10 Å². The van der Waals surface area contributed by atoms with Gasteiger partial charge in [0.05, 0.1) is 10.6 Å². The van der Waals surface area contributed by atoms with Crippen molar-refractivity contribution in [1.29, 1.82) is 0 Å². The third kappa shape index (κ3) is 4.50. The summed E-state index contributed by atoms with van der Waals surface area (Å²) in [7, 11) is -3.95. The normalized spacial score (nSPS) is 12.4. The molecule has 3 rings (SSSR count). The highest BCUT2D eigenvalue weighted by Gasteiger charge is 2.17. The Balaban J connectivity index is 1.75. The lowest BCUT2D eigenvalue weighted by molar-refractivity contribution is -0.119. The average molecular weight is 388 g/mol. The average Bonchev–Trinajstić information content (AvgIpc) is 3.15. The first-order valence-corrected chi connectivity index (χ1v) is 9.52. The first-order chi connectivity index (χ1) is 12.8. The lowest BCUT2D eigenvalue weighted by Gasteiger charge is -2.14. The summed E-state index contributed by atoms with van der Waals surface area (Å²) in [5.41, 5.74) is 0.655. The maximum absolute atomic E-state index is 13.3. The largest absolute Gasteiger partial charge is 0.324 e. The fourth-order valence-corrected chi connectivity index (χ4v) is 3.47. The number of benzene rings is 2. The van der Waals surface area contributed by atoms with Crippen LogP contribution in [-0.2, 0) is 14.8 Å². The van der Waals surface area contributed by atoms with Crippen LogP contribution in [0.15, 0.2) is 71.9 Å². The van der Waals surface area contributed by atoms with Crippen LogP contribution in [-0.4, -0.2) is 24.1 Å². The van der Waals surface area contributed by atoms with Gasteiger partial charge in [-0.05, 0) is 49.4 Å². The summed E-state index contributed by atoms with van der Waals surface area (Å²) in [6.45, 7) is 1.69. The second-order valence-corrected chi connectivity index (χ2v) is 7.48. The van der Waals surface area contributed by atoms with Crippen molar-refractivity contribution in [1.82, 2.24) is 9.78 Å². The monoisotopic (exact) mass is 388 g/mol. The Kier molecular flexibility index (Phi) is 5.22. The molecule has 1 amide bonds. The van der Waals surface area contributed by atoms with Crippen molar-refractivity contribution in [3.63, 3.8) is 0 Å². The molecule has 0 fully saturated rings. The topological polar surface area (TPSA) is 93.1 Å². The number of anilines is 2. The number of sulfonamides is 1. The standard InChI is InChI=1S/C18H17FN4O3S/c1-13(23-10-4-9-20-23)18(24)21-15-6-3-7-16(12-15)22-27(25,26)17-8-2-5-14(19)11-17/h2-13,22H,1H3,(H,21,24). The molecule has 0 saturated carbocycles. The predicted octanol–water partition coefficient (Wildman–Crippen LogP) is 3.02. The number of amides is 1. The zero-order chi connectivity index (χ0) is 19.4. The van der Waals surface area contributed by atoms with Crippen molar-refractivity contribution in [2.24, 2.45) is 0 Å². The molecule has 0 saturated heterocycles. The van der Waals surface area contributed by atoms with E-state index in [1.165, 1.54) is 28.9 Å². The smallest absolute Gasteiger partial charge is 0.261 e. The molecule has 1 aromatic heterocycles. The Morgan fingerprint density at radius 2 is 1.85 bits per heavy atom. The third-order valence-corrected chi connectivity index (χ3v) is 5.17. The molecule has 140 valence electrons. The van der Waals surface area contributed by atoms with E-state index in [-0.39, 0.29) is 16.5 Å². The summed E-state index contributed by atoms with van der Waals surface area (Å²) < 4.78 is 41.9. The molecule has 7 nitrogen and oxygen atoms in total. The van der Waals surface area contributed by atoms with Crippen molar-refractivity contribution in [2.45, 2.75) is 17.9 Å². The second-order valence-electron chi connectivity index (χ2n) is 5.79. The van der Waals surface area contributed by atoms with Gasteiger partial charge in [-0.15, -0.1) is 0 Å². The zero-order valence-electron chi connectivity index (χ0n) is 14.3. The summed E-state index contributed by atoms with van der Waals surface area (Å²) in [5.74, 6) is -0.949. The Morgan fingerprint density at radius 1 is 1.11 bits per heavy atom. The van der Waals surface area contributed by atoms with Crippen LogP contribution in [0.1, 0.15) is 13.0 Å². The molecule has 1 heterocycles. The van der Waals surface area contributed by atoms with Crippen molar-refractivity contribution in [3.05, 3.63) is 72.8 Å². The molecule has 27 heavy (non-hydrogen) atoms. The highest BCUT2D eigenvalue weighted by Crippen LogP contribution is 2.21. The van der Waals surface area contributed by atoms with Gasteiger partial charge in [0.2, 0.25) is 5.91 Å². The van der Waals surface area contributed by atoms with Gasteiger partial charge in [-0.25, -0.2) is 12.8 Å². The van der Waals surface area contributed by atoms with Gasteiger partial charge in [-0.3, -0.25) is 14.2 Å². The van der Waals surface area contributed by atoms with E-state index in [4.69, 9.17) is 0 Å². The highest BCUT2D eigenvalue weighted by molar-refractivity contribution is 7.92. The summed E-state index contributed by atoms with van der Waals surface area (Å²) in [6, 6.07) is 12.1. The molecule has 1 unspecified atom stereocenters. The van der Waals surface area contributed by atoms with Crippen LogP contribution in [0.25, 0.3) is 0 Å². The van der Waals surface area contributed by atoms with E-state index in [1.807, 2.05) is 0 Å². The fourth-order valence-electron chi connectivity index (χ4n) is 2.39. The van der Waals surface area contributed by atoms with Crippen molar-refractivity contribution in [2.75, 3.05) is 10.0 Å². The molecule has 0 spiro atoms. The molecule has 1 atom stereocenters. The second kappa shape index (κ2) is 7.58. The van der Waals surface area contributed by atoms with E-state index in [1.54, 1.807) is 37.5 Å². The Labute approximate surface area is 155 Å². The first-order valence-electron chi connectivity index (χ1n) is 8.03. The molecule has 0 bridgehead atoms. The van der Waals surface area contributed by atoms with Crippen molar-refractivity contribution >= 4 is 27.3 Å². The van der Waals surface area contributed by atoms with E-state index in [9.17, 15) is 17.6 Å². The van der Waals surface area contributed by atoms with Crippen LogP contribution in [0.4, 0.5) is 15.8 Å². The van der Waals surface area contributed by atoms with Gasteiger partial charge in [0.15, 0.2) is 0 Å².